The summed E-state index contributed by atoms with van der Waals surface area (Å²) < 4.78 is 67.4. The van der Waals surface area contributed by atoms with Gasteiger partial charge < -0.3 is 10.1 Å². The number of amides is 1. The standard InChI is InChI=1S/C14H21F5IN3O2/c1-8(2)9(3)11(10-4-13(15,16)5-10)22-23(20)7-21-12(24)25-6-14(17,18)19/h8-10H,4-7H2,1-3H3,(H,21,24)/b22-11+. The van der Waals surface area contributed by atoms with E-state index in [1.165, 1.54) is 3.22 Å². The molecule has 0 aliphatic heterocycles. The van der Waals surface area contributed by atoms with Crippen molar-refractivity contribution in [2.75, 3.05) is 13.3 Å². The lowest BCUT2D eigenvalue weighted by Crippen LogP contribution is -2.43. The number of alkyl halides is 5. The van der Waals surface area contributed by atoms with Crippen molar-refractivity contribution < 1.29 is 31.5 Å². The fourth-order valence-corrected chi connectivity index (χ4v) is 2.66. The smallest absolute Gasteiger partial charge is 0.422 e. The molecule has 146 valence electrons. The van der Waals surface area contributed by atoms with E-state index in [2.05, 4.69) is 15.2 Å². The number of carbonyl (C=O) groups excluding carboxylic acids is 1. The third-order valence-corrected chi connectivity index (χ3v) is 4.48. The minimum absolute atomic E-state index is 0.0458. The number of hydrogen-bond donors (Lipinski definition) is 1. The van der Waals surface area contributed by atoms with Crippen molar-refractivity contribution in [3.8, 4) is 0 Å². The average molecular weight is 485 g/mol. The van der Waals surface area contributed by atoms with Crippen molar-refractivity contribution in [3.05, 3.63) is 0 Å². The zero-order valence-corrected chi connectivity index (χ0v) is 16.2. The number of nitrogens with one attached hydrogen (secondary N) is 1. The predicted molar refractivity (Wildman–Crippen MR) is 90.4 cm³/mol. The van der Waals surface area contributed by atoms with E-state index in [-0.39, 0.29) is 37.3 Å². The van der Waals surface area contributed by atoms with E-state index in [0.717, 1.165) is 0 Å². The van der Waals surface area contributed by atoms with Gasteiger partial charge >= 0.3 is 12.3 Å². The number of nitrogens with zero attached hydrogens (tertiary/aromatic N) is 2. The summed E-state index contributed by atoms with van der Waals surface area (Å²) in [4.78, 5) is 11.2. The van der Waals surface area contributed by atoms with Crippen LogP contribution in [0.3, 0.4) is 0 Å². The lowest BCUT2D eigenvalue weighted by molar-refractivity contribution is -0.160. The SMILES string of the molecule is CC(C)C(C)/C(=N\N(I)CNC(=O)OCC(F)(F)F)C1CC(F)(F)C1. The van der Waals surface area contributed by atoms with Gasteiger partial charge in [0.25, 0.3) is 0 Å². The summed E-state index contributed by atoms with van der Waals surface area (Å²) in [6, 6.07) is 0. The number of hydrazone groups is 1. The largest absolute Gasteiger partial charge is 0.440 e. The molecule has 0 saturated heterocycles. The first-order valence-electron chi connectivity index (χ1n) is 7.67. The zero-order chi connectivity index (χ0) is 19.4. The summed E-state index contributed by atoms with van der Waals surface area (Å²) in [5.41, 5.74) is 0.598. The van der Waals surface area contributed by atoms with E-state index in [9.17, 15) is 26.7 Å². The molecule has 1 unspecified atom stereocenters. The van der Waals surface area contributed by atoms with Crippen LogP contribution in [0.4, 0.5) is 26.7 Å². The van der Waals surface area contributed by atoms with Crippen molar-refractivity contribution in [3.63, 3.8) is 0 Å². The normalized spacial score (nSPS) is 19.4. The maximum atomic E-state index is 13.1. The van der Waals surface area contributed by atoms with Crippen molar-refractivity contribution in [2.45, 2.75) is 45.7 Å². The Morgan fingerprint density at radius 1 is 1.36 bits per heavy atom. The van der Waals surface area contributed by atoms with Gasteiger partial charge in [0.15, 0.2) is 6.61 Å². The number of hydrogen-bond acceptors (Lipinski definition) is 4. The maximum Gasteiger partial charge on any atom is 0.422 e. The second-order valence-corrected chi connectivity index (χ2v) is 7.50. The molecule has 11 heteroatoms. The van der Waals surface area contributed by atoms with E-state index in [1.54, 1.807) is 22.9 Å². The van der Waals surface area contributed by atoms with Crippen molar-refractivity contribution >= 4 is 34.7 Å². The summed E-state index contributed by atoms with van der Waals surface area (Å²) in [6.07, 6.45) is -6.37. The quantitative estimate of drug-likeness (QED) is 0.144. The summed E-state index contributed by atoms with van der Waals surface area (Å²) >= 11 is 1.74. The molecule has 1 aliphatic rings. The van der Waals surface area contributed by atoms with E-state index >= 15 is 0 Å². The van der Waals surface area contributed by atoms with Crippen LogP contribution in [0, 0.1) is 17.8 Å². The van der Waals surface area contributed by atoms with E-state index in [4.69, 9.17) is 0 Å². The van der Waals surface area contributed by atoms with Gasteiger partial charge in [-0.2, -0.15) is 18.3 Å². The molecular formula is C14H21F5IN3O2. The van der Waals surface area contributed by atoms with Crippen LogP contribution < -0.4 is 5.32 Å². The van der Waals surface area contributed by atoms with Crippen LogP contribution in [0.25, 0.3) is 0 Å². The maximum absolute atomic E-state index is 13.1. The van der Waals surface area contributed by atoms with Gasteiger partial charge in [-0.05, 0) is 11.8 Å². The van der Waals surface area contributed by atoms with Gasteiger partial charge in [0.1, 0.15) is 6.67 Å². The molecule has 0 heterocycles. The minimum Gasteiger partial charge on any atom is -0.440 e. The van der Waals surface area contributed by atoms with E-state index < -0.39 is 24.8 Å². The van der Waals surface area contributed by atoms with Crippen LogP contribution in [0.2, 0.25) is 0 Å². The van der Waals surface area contributed by atoms with Gasteiger partial charge in [0, 0.05) is 24.5 Å². The van der Waals surface area contributed by atoms with Crippen LogP contribution in [0.15, 0.2) is 5.10 Å². The predicted octanol–water partition coefficient (Wildman–Crippen LogP) is 4.58. The van der Waals surface area contributed by atoms with Crippen LogP contribution in [-0.4, -0.2) is 40.4 Å². The molecule has 0 aromatic rings. The van der Waals surface area contributed by atoms with Crippen LogP contribution in [-0.2, 0) is 4.74 Å². The molecular weight excluding hydrogens is 464 g/mol. The number of carbonyl (C=O) groups is 1. The molecule has 0 bridgehead atoms. The molecule has 5 nitrogen and oxygen atoms in total. The Bertz CT molecular complexity index is 491. The van der Waals surface area contributed by atoms with Gasteiger partial charge in [-0.3, -0.25) is 0 Å². The third kappa shape index (κ3) is 7.90. The van der Waals surface area contributed by atoms with Crippen molar-refractivity contribution in [1.82, 2.24) is 8.54 Å². The number of alkyl carbamates (subject to hydrolysis) is 1. The summed E-state index contributed by atoms with van der Waals surface area (Å²) in [5.74, 6) is -2.89. The lowest BCUT2D eigenvalue weighted by atomic mass is 9.72. The van der Waals surface area contributed by atoms with Crippen molar-refractivity contribution in [2.24, 2.45) is 22.9 Å². The average Bonchev–Trinajstić information content (AvgIpc) is 2.44. The first kappa shape index (κ1) is 22.2. The molecule has 0 spiro atoms. The highest BCUT2D eigenvalue weighted by atomic mass is 127. The number of rotatable bonds is 7. The monoisotopic (exact) mass is 485 g/mol. The molecule has 1 saturated carbocycles. The first-order valence-corrected chi connectivity index (χ1v) is 8.64. The molecule has 1 fully saturated rings. The second-order valence-electron chi connectivity index (χ2n) is 6.38. The number of halogens is 6. The Morgan fingerprint density at radius 2 is 1.92 bits per heavy atom. The summed E-state index contributed by atoms with van der Waals surface area (Å²) in [6.45, 7) is 3.88. The Kier molecular flexibility index (Phi) is 7.69. The lowest BCUT2D eigenvalue weighted by Gasteiger charge is -2.38. The molecule has 0 aromatic carbocycles. The van der Waals surface area contributed by atoms with Gasteiger partial charge in [0.05, 0.1) is 22.9 Å². The Hall–Kier alpha value is -0.880. The molecule has 1 atom stereocenters. The zero-order valence-electron chi connectivity index (χ0n) is 14.0. The molecule has 1 amide bonds. The highest BCUT2D eigenvalue weighted by Crippen LogP contribution is 2.45. The van der Waals surface area contributed by atoms with Gasteiger partial charge in [-0.25, -0.2) is 16.8 Å². The summed E-state index contributed by atoms with van der Waals surface area (Å²) in [7, 11) is 0. The van der Waals surface area contributed by atoms with Crippen LogP contribution >= 0.6 is 22.9 Å². The molecule has 25 heavy (non-hydrogen) atoms. The minimum atomic E-state index is -4.60. The Labute approximate surface area is 156 Å². The second kappa shape index (κ2) is 8.67. The molecule has 0 aromatic heterocycles. The van der Waals surface area contributed by atoms with Crippen LogP contribution in [0.5, 0.6) is 0 Å². The topological polar surface area (TPSA) is 53.9 Å². The Balaban J connectivity index is 2.60. The molecule has 1 rings (SSSR count). The Morgan fingerprint density at radius 3 is 2.36 bits per heavy atom. The third-order valence-electron chi connectivity index (χ3n) is 3.92. The molecule has 0 radical (unpaired) electrons. The highest BCUT2D eigenvalue weighted by molar-refractivity contribution is 14.1. The van der Waals surface area contributed by atoms with E-state index in [1.807, 2.05) is 20.8 Å². The first-order chi connectivity index (χ1) is 11.3. The van der Waals surface area contributed by atoms with Gasteiger partial charge in [-0.15, -0.1) is 0 Å². The highest BCUT2D eigenvalue weighted by Gasteiger charge is 2.48. The van der Waals surface area contributed by atoms with Gasteiger partial charge in [0.2, 0.25) is 5.92 Å². The summed E-state index contributed by atoms with van der Waals surface area (Å²) in [5, 5.41) is 6.40. The van der Waals surface area contributed by atoms with Crippen LogP contribution in [0.1, 0.15) is 33.6 Å². The van der Waals surface area contributed by atoms with Gasteiger partial charge in [-0.1, -0.05) is 20.8 Å². The fraction of sp³-hybridized carbons (Fsp3) is 0.857. The number of ether oxygens (including phenoxy) is 1. The van der Waals surface area contributed by atoms with E-state index in [0.29, 0.717) is 5.71 Å². The molecule has 1 N–H and O–H groups in total. The fourth-order valence-electron chi connectivity index (χ4n) is 2.25. The van der Waals surface area contributed by atoms with Crippen molar-refractivity contribution in [1.29, 1.82) is 0 Å². The molecule has 1 aliphatic carbocycles.